The van der Waals surface area contributed by atoms with E-state index in [1.54, 1.807) is 13.1 Å². The van der Waals surface area contributed by atoms with Gasteiger partial charge in [-0.2, -0.15) is 5.10 Å². The second-order valence-corrected chi connectivity index (χ2v) is 7.20. The molecule has 28 heavy (non-hydrogen) atoms. The molecule has 0 atom stereocenters. The first-order valence-electron chi connectivity index (χ1n) is 9.69. The summed E-state index contributed by atoms with van der Waals surface area (Å²) in [7, 11) is 0. The third-order valence-electron chi connectivity index (χ3n) is 4.97. The number of hydrogen-bond acceptors (Lipinski definition) is 5. The molecule has 2 aromatic rings. The quantitative estimate of drug-likeness (QED) is 0.704. The van der Waals surface area contributed by atoms with E-state index in [0.717, 1.165) is 38.6 Å². The molecule has 2 amide bonds. The highest BCUT2D eigenvalue weighted by atomic mass is 16.3. The zero-order valence-corrected chi connectivity index (χ0v) is 16.0. The largest absolute Gasteiger partial charge is 0.456 e. The maximum absolute atomic E-state index is 12.3. The van der Waals surface area contributed by atoms with E-state index >= 15 is 0 Å². The first-order valence-corrected chi connectivity index (χ1v) is 9.69. The normalized spacial score (nSPS) is 19.2. The van der Waals surface area contributed by atoms with Crippen molar-refractivity contribution >= 4 is 11.8 Å². The summed E-state index contributed by atoms with van der Waals surface area (Å²) in [6, 6.07) is 4.41. The maximum Gasteiger partial charge on any atom is 0.287 e. The van der Waals surface area contributed by atoms with E-state index < -0.39 is 0 Å². The van der Waals surface area contributed by atoms with Gasteiger partial charge in [-0.1, -0.05) is 0 Å². The third-order valence-corrected chi connectivity index (χ3v) is 4.97. The molecule has 2 N–H and O–H groups in total. The van der Waals surface area contributed by atoms with Crippen LogP contribution in [-0.2, 0) is 11.3 Å². The molecule has 8 heteroatoms. The molecule has 1 fully saturated rings. The van der Waals surface area contributed by atoms with Crippen LogP contribution in [0.15, 0.2) is 39.8 Å². The Kier molecular flexibility index (Phi) is 6.62. The van der Waals surface area contributed by atoms with Crippen LogP contribution >= 0.6 is 0 Å². The van der Waals surface area contributed by atoms with Gasteiger partial charge in [0.1, 0.15) is 5.76 Å². The van der Waals surface area contributed by atoms with Crippen LogP contribution in [0.3, 0.4) is 0 Å². The Balaban J connectivity index is 1.38. The van der Waals surface area contributed by atoms with Gasteiger partial charge in [0.15, 0.2) is 11.2 Å². The van der Waals surface area contributed by atoms with Crippen molar-refractivity contribution in [3.8, 4) is 0 Å². The molecule has 1 saturated carbocycles. The molecule has 2 aromatic heterocycles. The number of aryl methyl sites for hydroxylation is 2. The average Bonchev–Trinajstić information content (AvgIpc) is 3.18. The summed E-state index contributed by atoms with van der Waals surface area (Å²) < 4.78 is 7.16. The molecule has 0 saturated heterocycles. The summed E-state index contributed by atoms with van der Waals surface area (Å²) in [6.07, 6.45) is 7.39. The second kappa shape index (κ2) is 9.34. The van der Waals surface area contributed by atoms with Crippen LogP contribution in [0.5, 0.6) is 0 Å². The molecule has 0 aliphatic heterocycles. The average molecular weight is 386 g/mol. The molecule has 0 radical (unpaired) electrons. The molecule has 1 aliphatic carbocycles. The lowest BCUT2D eigenvalue weighted by molar-refractivity contribution is -0.126. The second-order valence-electron chi connectivity index (χ2n) is 7.20. The number of rotatable bonds is 7. The summed E-state index contributed by atoms with van der Waals surface area (Å²) in [5, 5.41) is 10.0. The number of aromatic nitrogens is 2. The predicted octanol–water partition coefficient (Wildman–Crippen LogP) is 1.64. The molecule has 0 unspecified atom stereocenters. The van der Waals surface area contributed by atoms with Crippen molar-refractivity contribution in [2.24, 2.45) is 5.92 Å². The first-order chi connectivity index (χ1) is 13.5. The number of amides is 2. The number of hydrogen-bond donors (Lipinski definition) is 2. The lowest BCUT2D eigenvalue weighted by atomic mass is 9.85. The van der Waals surface area contributed by atoms with E-state index in [0.29, 0.717) is 12.3 Å². The molecule has 3 rings (SSSR count). The van der Waals surface area contributed by atoms with Gasteiger partial charge in [-0.3, -0.25) is 19.1 Å². The Morgan fingerprint density at radius 1 is 1.25 bits per heavy atom. The molecule has 0 bridgehead atoms. The molecular weight excluding hydrogens is 360 g/mol. The Bertz CT molecular complexity index is 851. The van der Waals surface area contributed by atoms with Gasteiger partial charge in [-0.25, -0.2) is 0 Å². The van der Waals surface area contributed by atoms with Crippen molar-refractivity contribution in [1.82, 2.24) is 20.4 Å². The monoisotopic (exact) mass is 386 g/mol. The smallest absolute Gasteiger partial charge is 0.287 e. The minimum atomic E-state index is -0.382. The number of carbonyl (C=O) groups is 2. The van der Waals surface area contributed by atoms with E-state index in [1.807, 2.05) is 16.9 Å². The Morgan fingerprint density at radius 2 is 2.04 bits per heavy atom. The Morgan fingerprint density at radius 3 is 2.71 bits per heavy atom. The van der Waals surface area contributed by atoms with Gasteiger partial charge in [-0.05, 0) is 45.1 Å². The van der Waals surface area contributed by atoms with Crippen molar-refractivity contribution in [2.75, 3.05) is 6.54 Å². The van der Waals surface area contributed by atoms with Crippen molar-refractivity contribution in [3.05, 3.63) is 52.3 Å². The van der Waals surface area contributed by atoms with Gasteiger partial charge >= 0.3 is 0 Å². The van der Waals surface area contributed by atoms with E-state index in [1.165, 1.54) is 12.1 Å². The standard InChI is InChI=1S/C20H26N4O4/c1-14-12-17(25)13-18(28-14)20(27)23-16-6-4-15(5-7-16)19(26)21-8-2-10-24-11-3-9-22-24/h3,9,11-13,15-16H,2,4-8,10H2,1H3,(H,21,26)(H,23,27). The highest BCUT2D eigenvalue weighted by Gasteiger charge is 2.27. The van der Waals surface area contributed by atoms with Crippen LogP contribution < -0.4 is 16.1 Å². The van der Waals surface area contributed by atoms with Gasteiger partial charge in [0.2, 0.25) is 5.91 Å². The fourth-order valence-corrected chi connectivity index (χ4v) is 3.50. The summed E-state index contributed by atoms with van der Waals surface area (Å²) in [5.41, 5.74) is -0.248. The van der Waals surface area contributed by atoms with Crippen molar-refractivity contribution in [3.63, 3.8) is 0 Å². The molecule has 2 heterocycles. The van der Waals surface area contributed by atoms with Gasteiger partial charge < -0.3 is 15.1 Å². The van der Waals surface area contributed by atoms with Crippen molar-refractivity contribution in [1.29, 1.82) is 0 Å². The zero-order chi connectivity index (χ0) is 19.9. The van der Waals surface area contributed by atoms with Crippen LogP contribution in [0.4, 0.5) is 0 Å². The molecule has 0 spiro atoms. The van der Waals surface area contributed by atoms with E-state index in [9.17, 15) is 14.4 Å². The van der Waals surface area contributed by atoms with Crippen LogP contribution in [0.25, 0.3) is 0 Å². The third kappa shape index (κ3) is 5.55. The van der Waals surface area contributed by atoms with Gasteiger partial charge in [0.05, 0.1) is 0 Å². The molecule has 1 aliphatic rings. The van der Waals surface area contributed by atoms with E-state index in [2.05, 4.69) is 15.7 Å². The lowest BCUT2D eigenvalue weighted by Gasteiger charge is -2.28. The van der Waals surface area contributed by atoms with Gasteiger partial charge in [0.25, 0.3) is 5.91 Å². The molecule has 150 valence electrons. The Hall–Kier alpha value is -2.90. The topological polar surface area (TPSA) is 106 Å². The molecular formula is C20H26N4O4. The van der Waals surface area contributed by atoms with Crippen LogP contribution in [0.1, 0.15) is 48.4 Å². The SMILES string of the molecule is Cc1cc(=O)cc(C(=O)NC2CCC(C(=O)NCCCn3cccn3)CC2)o1. The maximum atomic E-state index is 12.3. The van der Waals surface area contributed by atoms with Crippen LogP contribution in [0.2, 0.25) is 0 Å². The fraction of sp³-hybridized carbons (Fsp3) is 0.500. The number of nitrogens with one attached hydrogen (secondary N) is 2. The first kappa shape index (κ1) is 19.9. The fourth-order valence-electron chi connectivity index (χ4n) is 3.50. The summed E-state index contributed by atoms with van der Waals surface area (Å²) in [4.78, 5) is 36.1. The summed E-state index contributed by atoms with van der Waals surface area (Å²) >= 11 is 0. The predicted molar refractivity (Wildman–Crippen MR) is 103 cm³/mol. The van der Waals surface area contributed by atoms with Crippen LogP contribution in [0, 0.1) is 12.8 Å². The van der Waals surface area contributed by atoms with E-state index in [-0.39, 0.29) is 35.0 Å². The Labute approximate surface area is 163 Å². The van der Waals surface area contributed by atoms with Gasteiger partial charge in [0, 0.05) is 49.6 Å². The molecule has 8 nitrogen and oxygen atoms in total. The minimum Gasteiger partial charge on any atom is -0.456 e. The number of nitrogens with zero attached hydrogens (tertiary/aromatic N) is 2. The van der Waals surface area contributed by atoms with E-state index in [4.69, 9.17) is 4.42 Å². The van der Waals surface area contributed by atoms with Crippen LogP contribution in [-0.4, -0.2) is 34.2 Å². The van der Waals surface area contributed by atoms with Gasteiger partial charge in [-0.15, -0.1) is 0 Å². The molecule has 0 aromatic carbocycles. The number of carbonyl (C=O) groups excluding carboxylic acids is 2. The summed E-state index contributed by atoms with van der Waals surface area (Å²) in [6.45, 7) is 3.04. The minimum absolute atomic E-state index is 0.0119. The van der Waals surface area contributed by atoms with Crippen molar-refractivity contribution < 1.29 is 14.0 Å². The lowest BCUT2D eigenvalue weighted by Crippen LogP contribution is -2.41. The highest BCUT2D eigenvalue weighted by molar-refractivity contribution is 5.91. The zero-order valence-electron chi connectivity index (χ0n) is 16.0. The van der Waals surface area contributed by atoms with Crippen molar-refractivity contribution in [2.45, 2.75) is 51.6 Å². The highest BCUT2D eigenvalue weighted by Crippen LogP contribution is 2.24. The summed E-state index contributed by atoms with van der Waals surface area (Å²) in [5.74, 6) is 0.115.